The predicted molar refractivity (Wildman–Crippen MR) is 124 cm³/mol. The summed E-state index contributed by atoms with van der Waals surface area (Å²) in [5.41, 5.74) is 6.74. The number of carboxylic acid groups (broad SMARTS) is 1. The second kappa shape index (κ2) is 9.12. The van der Waals surface area contributed by atoms with Crippen molar-refractivity contribution in [2.45, 2.75) is 28.0 Å². The van der Waals surface area contributed by atoms with Gasteiger partial charge in [0.05, 0.1) is 6.61 Å². The second-order valence-electron chi connectivity index (χ2n) is 8.04. The van der Waals surface area contributed by atoms with Gasteiger partial charge < -0.3 is 21.3 Å². The minimum absolute atomic E-state index is 0.153. The number of aliphatic hydroxyl groups is 1. The van der Waals surface area contributed by atoms with Crippen LogP contribution in [0, 0.1) is 0 Å². The number of carbonyl (C=O) groups excluding carboxylic acids is 3. The summed E-state index contributed by atoms with van der Waals surface area (Å²) in [6.45, 7) is -0.479. The van der Waals surface area contributed by atoms with E-state index in [0.29, 0.717) is 22.2 Å². The highest BCUT2D eigenvalue weighted by Gasteiger charge is 2.56. The maximum atomic E-state index is 13.4. The Kier molecular flexibility index (Phi) is 6.28. The molecule has 0 spiro atoms. The van der Waals surface area contributed by atoms with Crippen molar-refractivity contribution >= 4 is 59.0 Å². The molecule has 17 heteroatoms. The minimum Gasteiger partial charge on any atom is -0.477 e. The molecule has 5 N–H and O–H groups in total. The van der Waals surface area contributed by atoms with Gasteiger partial charge in [-0.25, -0.2) is 9.48 Å². The van der Waals surface area contributed by atoms with E-state index >= 15 is 0 Å². The van der Waals surface area contributed by atoms with Crippen molar-refractivity contribution in [1.29, 1.82) is 0 Å². The number of β-lactam (4-membered cyclic amide) rings is 2. The predicted octanol–water partition coefficient (Wildman–Crippen LogP) is -2.47. The van der Waals surface area contributed by atoms with Crippen LogP contribution in [0.1, 0.15) is 0 Å². The maximum absolute atomic E-state index is 13.4. The fourth-order valence-corrected chi connectivity index (χ4v) is 7.83. The first-order valence-corrected chi connectivity index (χ1v) is 13.4. The summed E-state index contributed by atoms with van der Waals surface area (Å²) in [6.07, 6.45) is 0. The molecule has 4 aliphatic heterocycles. The summed E-state index contributed by atoms with van der Waals surface area (Å²) in [6, 6.07) is -1.68. The van der Waals surface area contributed by atoms with Gasteiger partial charge >= 0.3 is 5.97 Å². The zero-order chi connectivity index (χ0) is 25.0. The van der Waals surface area contributed by atoms with Gasteiger partial charge in [0.1, 0.15) is 34.2 Å². The first-order chi connectivity index (χ1) is 16.7. The second-order valence-corrected chi connectivity index (χ2v) is 11.2. The van der Waals surface area contributed by atoms with Crippen molar-refractivity contribution < 1.29 is 29.4 Å². The zero-order valence-electron chi connectivity index (χ0n) is 18.2. The minimum atomic E-state index is -1.31. The summed E-state index contributed by atoms with van der Waals surface area (Å²) < 4.78 is 1.49. The number of thioether (sulfide) groups is 3. The van der Waals surface area contributed by atoms with Gasteiger partial charge in [0.15, 0.2) is 0 Å². The molecule has 14 nitrogen and oxygen atoms in total. The molecule has 1 aromatic rings. The molecule has 4 aliphatic rings. The molecular formula is C18H20N8O6S3. The Morgan fingerprint density at radius 2 is 1.83 bits per heavy atom. The monoisotopic (exact) mass is 540 g/mol. The number of nitrogens with one attached hydrogen (secondary N) is 1. The van der Waals surface area contributed by atoms with Gasteiger partial charge in [0.25, 0.3) is 11.8 Å². The molecule has 186 valence electrons. The third-order valence-electron chi connectivity index (χ3n) is 5.99. The number of hydrogen-bond donors (Lipinski definition) is 4. The first-order valence-electron chi connectivity index (χ1n) is 10.3. The van der Waals surface area contributed by atoms with Crippen LogP contribution in [0.25, 0.3) is 0 Å². The number of fused-ring (bicyclic) bond motifs is 2. The third-order valence-corrected chi connectivity index (χ3v) is 9.78. The van der Waals surface area contributed by atoms with Crippen LogP contribution in [0.3, 0.4) is 0 Å². The number of tetrazole rings is 1. The normalized spacial score (nSPS) is 27.9. The lowest BCUT2D eigenvalue weighted by atomic mass is 10.0. The van der Waals surface area contributed by atoms with Gasteiger partial charge in [-0.15, -0.1) is 28.6 Å². The molecule has 1 aromatic heterocycles. The molecule has 0 saturated carbocycles. The number of hydrogen-bond acceptors (Lipinski definition) is 12. The topological polar surface area (TPSA) is 197 Å². The summed E-state index contributed by atoms with van der Waals surface area (Å²) >= 11 is 4.02. The molecular weight excluding hydrogens is 520 g/mol. The first kappa shape index (κ1) is 24.1. The fourth-order valence-electron chi connectivity index (χ4n) is 4.22. The zero-order valence-corrected chi connectivity index (χ0v) is 20.6. The van der Waals surface area contributed by atoms with Crippen molar-refractivity contribution in [2.75, 3.05) is 23.9 Å². The Bertz CT molecular complexity index is 1200. The van der Waals surface area contributed by atoms with E-state index in [-0.39, 0.29) is 34.0 Å². The third kappa shape index (κ3) is 3.81. The molecule has 3 amide bonds. The van der Waals surface area contributed by atoms with E-state index in [0.717, 1.165) is 4.90 Å². The summed E-state index contributed by atoms with van der Waals surface area (Å²) in [5, 5.41) is 32.5. The van der Waals surface area contributed by atoms with Crippen LogP contribution >= 0.6 is 35.3 Å². The van der Waals surface area contributed by atoms with Crippen LogP contribution in [0.15, 0.2) is 27.7 Å². The van der Waals surface area contributed by atoms with E-state index in [1.54, 1.807) is 7.05 Å². The quantitative estimate of drug-likeness (QED) is 0.210. The highest BCUT2D eigenvalue weighted by Crippen LogP contribution is 2.43. The number of aliphatic hydroxyl groups excluding tert-OH is 1. The molecule has 0 radical (unpaired) electrons. The standard InChI is InChI=1S/C18H20N8O6S3/c1-24-18(21-22-23-24)35-5-7-4-33-15-8(19)13(29)25(15)10(7)12(28)20-9-14(30)26-11(17(31)32)6(2-27)3-34-16(9)26/h8-9,15-16,27H,2-5,19H2,1H3,(H,20,28)(H,31,32)/t8-,9-,15-,16-/m1/s1. The van der Waals surface area contributed by atoms with Crippen LogP contribution < -0.4 is 11.1 Å². The molecule has 2 fully saturated rings. The largest absolute Gasteiger partial charge is 0.477 e. The van der Waals surface area contributed by atoms with E-state index in [4.69, 9.17) is 5.73 Å². The van der Waals surface area contributed by atoms with Gasteiger partial charge in [-0.3, -0.25) is 24.2 Å². The van der Waals surface area contributed by atoms with E-state index in [1.165, 1.54) is 44.9 Å². The number of aryl methyl sites for hydroxylation is 1. The summed E-state index contributed by atoms with van der Waals surface area (Å²) in [5.74, 6) is -1.88. The summed E-state index contributed by atoms with van der Waals surface area (Å²) in [4.78, 5) is 52.9. The van der Waals surface area contributed by atoms with Crippen molar-refractivity contribution in [1.82, 2.24) is 35.3 Å². The van der Waals surface area contributed by atoms with Gasteiger partial charge in [0, 0.05) is 24.3 Å². The van der Waals surface area contributed by atoms with Crippen molar-refractivity contribution in [3.63, 3.8) is 0 Å². The average Bonchev–Trinajstić information content (AvgIpc) is 3.27. The maximum Gasteiger partial charge on any atom is 0.352 e. The van der Waals surface area contributed by atoms with E-state index in [9.17, 15) is 29.4 Å². The van der Waals surface area contributed by atoms with Gasteiger partial charge in [0.2, 0.25) is 11.1 Å². The van der Waals surface area contributed by atoms with Crippen LogP contribution in [0.5, 0.6) is 0 Å². The Morgan fingerprint density at radius 3 is 2.49 bits per heavy atom. The Labute approximate surface area is 210 Å². The van der Waals surface area contributed by atoms with E-state index in [2.05, 4.69) is 20.8 Å². The van der Waals surface area contributed by atoms with Crippen LogP contribution in [-0.2, 0) is 26.2 Å². The SMILES string of the molecule is Cn1nnnc1SCC1=C(C(=O)N[C@@H]2C(=O)N3C(C(=O)O)=C(CO)CS[C@H]23)N2C(=O)[C@@H](N)[C@H]2SC1. The molecule has 0 aromatic carbocycles. The van der Waals surface area contributed by atoms with Gasteiger partial charge in [-0.2, -0.15) is 0 Å². The fraction of sp³-hybridized carbons (Fsp3) is 0.500. The number of rotatable bonds is 7. The van der Waals surface area contributed by atoms with Gasteiger partial charge in [-0.1, -0.05) is 11.8 Å². The average molecular weight is 541 g/mol. The lowest BCUT2D eigenvalue weighted by Gasteiger charge is -2.51. The Hall–Kier alpha value is -2.60. The lowest BCUT2D eigenvalue weighted by molar-refractivity contribution is -0.151. The number of nitrogens with two attached hydrogens (primary N) is 1. The lowest BCUT2D eigenvalue weighted by Crippen LogP contribution is -2.72. The van der Waals surface area contributed by atoms with E-state index in [1.807, 2.05) is 0 Å². The number of carbonyl (C=O) groups is 4. The summed E-state index contributed by atoms with van der Waals surface area (Å²) in [7, 11) is 1.69. The number of amides is 3. The van der Waals surface area contributed by atoms with Crippen LogP contribution in [0.2, 0.25) is 0 Å². The molecule has 35 heavy (non-hydrogen) atoms. The Morgan fingerprint density at radius 1 is 1.14 bits per heavy atom. The van der Waals surface area contributed by atoms with Crippen LogP contribution in [-0.4, -0.2) is 111 Å². The molecule has 2 saturated heterocycles. The number of aliphatic carboxylic acids is 1. The number of aromatic nitrogens is 4. The molecule has 5 heterocycles. The molecule has 0 aliphatic carbocycles. The van der Waals surface area contributed by atoms with Crippen molar-refractivity contribution in [2.24, 2.45) is 12.8 Å². The Balaban J connectivity index is 1.38. The number of nitrogens with zero attached hydrogens (tertiary/aromatic N) is 6. The molecule has 0 unspecified atom stereocenters. The molecule has 4 atom stereocenters. The van der Waals surface area contributed by atoms with Crippen molar-refractivity contribution in [3.05, 3.63) is 22.5 Å². The number of carboxylic acids is 1. The van der Waals surface area contributed by atoms with Gasteiger partial charge in [-0.05, 0) is 21.6 Å². The highest BCUT2D eigenvalue weighted by molar-refractivity contribution is 8.01. The molecule has 0 bridgehead atoms. The van der Waals surface area contributed by atoms with Crippen LogP contribution in [0.4, 0.5) is 0 Å². The molecule has 5 rings (SSSR count). The van der Waals surface area contributed by atoms with Crippen molar-refractivity contribution in [3.8, 4) is 0 Å². The van der Waals surface area contributed by atoms with E-state index < -0.39 is 41.8 Å². The smallest absolute Gasteiger partial charge is 0.352 e. The highest BCUT2D eigenvalue weighted by atomic mass is 32.2.